The van der Waals surface area contributed by atoms with Crippen LogP contribution in [0.25, 0.3) is 0 Å². The SMILES string of the molecule is C=CCCC(NC(=O)c1cc(OC)cc(OC)c1)C(=O)O. The standard InChI is InChI=1S/C15H19NO5/c1-4-5-6-13(15(18)19)16-14(17)10-7-11(20-2)9-12(8-10)21-3/h4,7-9,13H,1,5-6H2,2-3H3,(H,16,17)(H,18,19). The largest absolute Gasteiger partial charge is 0.497 e. The van der Waals surface area contributed by atoms with Crippen molar-refractivity contribution in [3.63, 3.8) is 0 Å². The summed E-state index contributed by atoms with van der Waals surface area (Å²) >= 11 is 0. The van der Waals surface area contributed by atoms with E-state index in [-0.39, 0.29) is 12.0 Å². The van der Waals surface area contributed by atoms with Crippen LogP contribution in [0.3, 0.4) is 0 Å². The first-order chi connectivity index (χ1) is 10.0. The van der Waals surface area contributed by atoms with Gasteiger partial charge in [0.15, 0.2) is 0 Å². The molecule has 0 fully saturated rings. The zero-order valence-corrected chi connectivity index (χ0v) is 12.1. The van der Waals surface area contributed by atoms with Crippen molar-refractivity contribution in [2.24, 2.45) is 0 Å². The normalized spacial score (nSPS) is 11.3. The van der Waals surface area contributed by atoms with Crippen LogP contribution in [0.5, 0.6) is 11.5 Å². The molecule has 0 bridgehead atoms. The van der Waals surface area contributed by atoms with Gasteiger partial charge in [0.2, 0.25) is 0 Å². The minimum Gasteiger partial charge on any atom is -0.497 e. The number of aliphatic carboxylic acids is 1. The molecule has 6 heteroatoms. The molecule has 1 amide bonds. The molecule has 0 aromatic heterocycles. The monoisotopic (exact) mass is 293 g/mol. The molecule has 1 rings (SSSR count). The lowest BCUT2D eigenvalue weighted by molar-refractivity contribution is -0.139. The Hall–Kier alpha value is -2.50. The van der Waals surface area contributed by atoms with Gasteiger partial charge in [-0.2, -0.15) is 0 Å². The van der Waals surface area contributed by atoms with E-state index in [1.54, 1.807) is 12.1 Å². The molecule has 1 unspecified atom stereocenters. The molecule has 0 aliphatic rings. The molecule has 1 aromatic rings. The van der Waals surface area contributed by atoms with Gasteiger partial charge in [0.25, 0.3) is 5.91 Å². The summed E-state index contributed by atoms with van der Waals surface area (Å²) in [5, 5.41) is 11.6. The lowest BCUT2D eigenvalue weighted by atomic mass is 10.1. The number of hydrogen-bond acceptors (Lipinski definition) is 4. The van der Waals surface area contributed by atoms with Gasteiger partial charge in [-0.15, -0.1) is 6.58 Å². The maximum atomic E-state index is 12.1. The highest BCUT2D eigenvalue weighted by atomic mass is 16.5. The maximum Gasteiger partial charge on any atom is 0.326 e. The average Bonchev–Trinajstić information content (AvgIpc) is 2.50. The van der Waals surface area contributed by atoms with E-state index in [4.69, 9.17) is 14.6 Å². The number of ether oxygens (including phenoxy) is 2. The van der Waals surface area contributed by atoms with Gasteiger partial charge in [-0.3, -0.25) is 4.79 Å². The predicted molar refractivity (Wildman–Crippen MR) is 77.9 cm³/mol. The molecule has 6 nitrogen and oxygen atoms in total. The van der Waals surface area contributed by atoms with Gasteiger partial charge in [0, 0.05) is 11.6 Å². The van der Waals surface area contributed by atoms with Crippen molar-refractivity contribution in [2.45, 2.75) is 18.9 Å². The lowest BCUT2D eigenvalue weighted by Gasteiger charge is -2.14. The van der Waals surface area contributed by atoms with Gasteiger partial charge in [0.1, 0.15) is 17.5 Å². The van der Waals surface area contributed by atoms with E-state index in [1.165, 1.54) is 26.4 Å². The number of carbonyl (C=O) groups excluding carboxylic acids is 1. The molecule has 2 N–H and O–H groups in total. The minimum atomic E-state index is -1.08. The third kappa shape index (κ3) is 4.83. The zero-order valence-electron chi connectivity index (χ0n) is 12.1. The Kier molecular flexibility index (Phi) is 6.26. The number of carboxylic acid groups (broad SMARTS) is 1. The summed E-state index contributed by atoms with van der Waals surface area (Å²) in [5.74, 6) is -0.668. The second-order valence-corrected chi connectivity index (χ2v) is 4.33. The van der Waals surface area contributed by atoms with Crippen LogP contribution in [-0.4, -0.2) is 37.2 Å². The molecular formula is C15H19NO5. The van der Waals surface area contributed by atoms with Crippen LogP contribution in [0.15, 0.2) is 30.9 Å². The molecule has 1 atom stereocenters. The molecule has 0 saturated heterocycles. The number of nitrogens with one attached hydrogen (secondary N) is 1. The van der Waals surface area contributed by atoms with Crippen LogP contribution in [0.4, 0.5) is 0 Å². The van der Waals surface area contributed by atoms with Crippen LogP contribution in [0.1, 0.15) is 23.2 Å². The highest BCUT2D eigenvalue weighted by Crippen LogP contribution is 2.22. The maximum absolute atomic E-state index is 12.1. The Morgan fingerprint density at radius 2 is 1.86 bits per heavy atom. The van der Waals surface area contributed by atoms with Crippen molar-refractivity contribution < 1.29 is 24.2 Å². The summed E-state index contributed by atoms with van der Waals surface area (Å²) in [6.07, 6.45) is 2.39. The Labute approximate surface area is 123 Å². The first kappa shape index (κ1) is 16.6. The number of benzene rings is 1. The van der Waals surface area contributed by atoms with E-state index in [0.29, 0.717) is 17.9 Å². The van der Waals surface area contributed by atoms with Gasteiger partial charge in [-0.05, 0) is 25.0 Å². The van der Waals surface area contributed by atoms with E-state index in [9.17, 15) is 9.59 Å². The quantitative estimate of drug-likeness (QED) is 0.715. The van der Waals surface area contributed by atoms with E-state index in [0.717, 1.165) is 0 Å². The fourth-order valence-corrected chi connectivity index (χ4v) is 1.72. The minimum absolute atomic E-state index is 0.274. The first-order valence-corrected chi connectivity index (χ1v) is 6.39. The zero-order chi connectivity index (χ0) is 15.8. The number of methoxy groups -OCH3 is 2. The lowest BCUT2D eigenvalue weighted by Crippen LogP contribution is -2.40. The van der Waals surface area contributed by atoms with Crippen LogP contribution in [-0.2, 0) is 4.79 Å². The molecule has 0 heterocycles. The average molecular weight is 293 g/mol. The van der Waals surface area contributed by atoms with Crippen molar-refractivity contribution in [3.8, 4) is 11.5 Å². The Morgan fingerprint density at radius 3 is 2.29 bits per heavy atom. The number of allylic oxidation sites excluding steroid dienone is 1. The van der Waals surface area contributed by atoms with Gasteiger partial charge < -0.3 is 19.9 Å². The molecule has 0 saturated carbocycles. The van der Waals surface area contributed by atoms with E-state index in [2.05, 4.69) is 11.9 Å². The summed E-state index contributed by atoms with van der Waals surface area (Å²) in [5.41, 5.74) is 0.274. The number of amides is 1. The molecule has 0 radical (unpaired) electrons. The summed E-state index contributed by atoms with van der Waals surface area (Å²) in [6, 6.07) is 3.70. The van der Waals surface area contributed by atoms with E-state index < -0.39 is 17.9 Å². The molecule has 114 valence electrons. The van der Waals surface area contributed by atoms with Gasteiger partial charge in [-0.25, -0.2) is 4.79 Å². The molecule has 21 heavy (non-hydrogen) atoms. The van der Waals surface area contributed by atoms with Crippen molar-refractivity contribution in [1.82, 2.24) is 5.32 Å². The second kappa shape index (κ2) is 7.94. The number of hydrogen-bond donors (Lipinski definition) is 2. The molecule has 0 spiro atoms. The summed E-state index contributed by atoms with van der Waals surface area (Å²) < 4.78 is 10.2. The fraction of sp³-hybridized carbons (Fsp3) is 0.333. The number of rotatable bonds is 8. The van der Waals surface area contributed by atoms with Crippen molar-refractivity contribution >= 4 is 11.9 Å². The third-order valence-corrected chi connectivity index (χ3v) is 2.88. The Morgan fingerprint density at radius 1 is 1.29 bits per heavy atom. The van der Waals surface area contributed by atoms with Gasteiger partial charge in [-0.1, -0.05) is 6.08 Å². The van der Waals surface area contributed by atoms with Crippen LogP contribution in [0.2, 0.25) is 0 Å². The smallest absolute Gasteiger partial charge is 0.326 e. The van der Waals surface area contributed by atoms with Crippen LogP contribution < -0.4 is 14.8 Å². The van der Waals surface area contributed by atoms with Crippen molar-refractivity contribution in [3.05, 3.63) is 36.4 Å². The summed E-state index contributed by atoms with van der Waals surface area (Å²) in [4.78, 5) is 23.3. The highest BCUT2D eigenvalue weighted by molar-refractivity contribution is 5.97. The topological polar surface area (TPSA) is 84.9 Å². The Bertz CT molecular complexity index is 505. The van der Waals surface area contributed by atoms with Gasteiger partial charge in [0.05, 0.1) is 14.2 Å². The second-order valence-electron chi connectivity index (χ2n) is 4.33. The molecule has 0 aliphatic carbocycles. The predicted octanol–water partition coefficient (Wildman–Crippen LogP) is 1.85. The van der Waals surface area contributed by atoms with Crippen molar-refractivity contribution in [1.29, 1.82) is 0 Å². The highest BCUT2D eigenvalue weighted by Gasteiger charge is 2.20. The van der Waals surface area contributed by atoms with Gasteiger partial charge >= 0.3 is 5.97 Å². The van der Waals surface area contributed by atoms with Crippen molar-refractivity contribution in [2.75, 3.05) is 14.2 Å². The number of carboxylic acids is 1. The first-order valence-electron chi connectivity index (χ1n) is 6.39. The van der Waals surface area contributed by atoms with E-state index in [1.807, 2.05) is 0 Å². The summed E-state index contributed by atoms with van der Waals surface area (Å²) in [7, 11) is 2.95. The molecule has 1 aromatic carbocycles. The third-order valence-electron chi connectivity index (χ3n) is 2.88. The molecular weight excluding hydrogens is 274 g/mol. The Balaban J connectivity index is 2.91. The fourth-order valence-electron chi connectivity index (χ4n) is 1.72. The number of carbonyl (C=O) groups is 2. The van der Waals surface area contributed by atoms with Crippen LogP contribution >= 0.6 is 0 Å². The van der Waals surface area contributed by atoms with E-state index >= 15 is 0 Å². The summed E-state index contributed by atoms with van der Waals surface area (Å²) in [6.45, 7) is 3.54. The molecule has 0 aliphatic heterocycles. The van der Waals surface area contributed by atoms with Crippen LogP contribution in [0, 0.1) is 0 Å².